The van der Waals surface area contributed by atoms with Crippen molar-refractivity contribution in [1.29, 1.82) is 0 Å². The predicted molar refractivity (Wildman–Crippen MR) is 70.2 cm³/mol. The molecule has 0 aromatic carbocycles. The van der Waals surface area contributed by atoms with E-state index in [0.717, 1.165) is 6.42 Å². The standard InChI is InChI=1S/C13H26N2O3/c1-9(2)6-11(12(16)14-5)15-10-7-17-13(3,4)18-8-10/h9-11,15H,6-8H2,1-5H3,(H,14,16). The molecule has 1 atom stereocenters. The molecule has 1 unspecified atom stereocenters. The first-order chi connectivity index (χ1) is 8.34. The van der Waals surface area contributed by atoms with Crippen LogP contribution in [0.4, 0.5) is 0 Å². The summed E-state index contributed by atoms with van der Waals surface area (Å²) in [4.78, 5) is 11.8. The van der Waals surface area contributed by atoms with E-state index in [4.69, 9.17) is 9.47 Å². The molecule has 0 spiro atoms. The molecular formula is C13H26N2O3. The lowest BCUT2D eigenvalue weighted by atomic mass is 10.0. The molecule has 0 aliphatic carbocycles. The molecule has 18 heavy (non-hydrogen) atoms. The average molecular weight is 258 g/mol. The number of amides is 1. The highest BCUT2D eigenvalue weighted by Crippen LogP contribution is 2.17. The highest BCUT2D eigenvalue weighted by atomic mass is 16.7. The molecule has 1 aliphatic heterocycles. The number of ether oxygens (including phenoxy) is 2. The van der Waals surface area contributed by atoms with Gasteiger partial charge in [-0.1, -0.05) is 13.8 Å². The molecule has 5 nitrogen and oxygen atoms in total. The topological polar surface area (TPSA) is 59.6 Å². The van der Waals surface area contributed by atoms with Gasteiger partial charge in [0.15, 0.2) is 5.79 Å². The second kappa shape index (κ2) is 6.50. The molecule has 106 valence electrons. The Hall–Kier alpha value is -0.650. The van der Waals surface area contributed by atoms with E-state index in [0.29, 0.717) is 19.1 Å². The fraction of sp³-hybridized carbons (Fsp3) is 0.923. The van der Waals surface area contributed by atoms with E-state index in [-0.39, 0.29) is 18.0 Å². The summed E-state index contributed by atoms with van der Waals surface area (Å²) in [5.74, 6) is -0.0335. The Morgan fingerprint density at radius 3 is 2.33 bits per heavy atom. The van der Waals surface area contributed by atoms with Crippen LogP contribution in [0.25, 0.3) is 0 Å². The lowest BCUT2D eigenvalue weighted by Crippen LogP contribution is -2.55. The van der Waals surface area contributed by atoms with E-state index in [2.05, 4.69) is 24.5 Å². The second-order valence-electron chi connectivity index (χ2n) is 5.68. The van der Waals surface area contributed by atoms with Crippen LogP contribution in [0.2, 0.25) is 0 Å². The van der Waals surface area contributed by atoms with Crippen LogP contribution in [-0.4, -0.2) is 44.0 Å². The van der Waals surface area contributed by atoms with Crippen molar-refractivity contribution in [1.82, 2.24) is 10.6 Å². The Bertz CT molecular complexity index is 269. The van der Waals surface area contributed by atoms with Gasteiger partial charge in [0, 0.05) is 7.05 Å². The Morgan fingerprint density at radius 2 is 1.89 bits per heavy atom. The molecule has 0 aromatic heterocycles. The molecule has 0 aromatic rings. The third-order valence-corrected chi connectivity index (χ3v) is 2.97. The molecule has 0 bridgehead atoms. The maximum Gasteiger partial charge on any atom is 0.236 e. The largest absolute Gasteiger partial charge is 0.358 e. The number of likely N-dealkylation sites (N-methyl/N-ethyl adjacent to an activating group) is 1. The molecule has 0 radical (unpaired) electrons. The fourth-order valence-electron chi connectivity index (χ4n) is 1.97. The van der Waals surface area contributed by atoms with Crippen molar-refractivity contribution < 1.29 is 14.3 Å². The molecule has 1 saturated heterocycles. The first-order valence-electron chi connectivity index (χ1n) is 6.59. The van der Waals surface area contributed by atoms with Crippen LogP contribution in [-0.2, 0) is 14.3 Å². The number of hydrogen-bond donors (Lipinski definition) is 2. The molecule has 1 aliphatic rings. The van der Waals surface area contributed by atoms with Gasteiger partial charge in [0.2, 0.25) is 5.91 Å². The van der Waals surface area contributed by atoms with Gasteiger partial charge in [-0.05, 0) is 26.2 Å². The van der Waals surface area contributed by atoms with Gasteiger partial charge < -0.3 is 14.8 Å². The van der Waals surface area contributed by atoms with Gasteiger partial charge >= 0.3 is 0 Å². The van der Waals surface area contributed by atoms with Gasteiger partial charge in [0.1, 0.15) is 0 Å². The summed E-state index contributed by atoms with van der Waals surface area (Å²) in [7, 11) is 1.66. The summed E-state index contributed by atoms with van der Waals surface area (Å²) in [6.45, 7) is 9.14. The molecule has 1 fully saturated rings. The third-order valence-electron chi connectivity index (χ3n) is 2.97. The van der Waals surface area contributed by atoms with Crippen molar-refractivity contribution in [3.8, 4) is 0 Å². The summed E-state index contributed by atoms with van der Waals surface area (Å²) in [6.07, 6.45) is 0.805. The van der Waals surface area contributed by atoms with Gasteiger partial charge in [0.25, 0.3) is 0 Å². The average Bonchev–Trinajstić information content (AvgIpc) is 2.29. The van der Waals surface area contributed by atoms with Gasteiger partial charge in [0.05, 0.1) is 25.3 Å². The number of carbonyl (C=O) groups excluding carboxylic acids is 1. The number of nitrogens with one attached hydrogen (secondary N) is 2. The molecule has 1 rings (SSSR count). The Morgan fingerprint density at radius 1 is 1.33 bits per heavy atom. The quantitative estimate of drug-likeness (QED) is 0.769. The van der Waals surface area contributed by atoms with Crippen molar-refractivity contribution in [2.45, 2.75) is 52.0 Å². The summed E-state index contributed by atoms with van der Waals surface area (Å²) in [5.41, 5.74) is 0. The first-order valence-corrected chi connectivity index (χ1v) is 6.59. The van der Waals surface area contributed by atoms with Crippen molar-refractivity contribution in [3.63, 3.8) is 0 Å². The molecule has 1 amide bonds. The van der Waals surface area contributed by atoms with Crippen molar-refractivity contribution in [2.75, 3.05) is 20.3 Å². The second-order valence-corrected chi connectivity index (χ2v) is 5.68. The van der Waals surface area contributed by atoms with Gasteiger partial charge in [-0.3, -0.25) is 10.1 Å². The SMILES string of the molecule is CNC(=O)C(CC(C)C)NC1COC(C)(C)OC1. The number of rotatable bonds is 5. The van der Waals surface area contributed by atoms with E-state index in [1.165, 1.54) is 0 Å². The molecule has 0 saturated carbocycles. The van der Waals surface area contributed by atoms with Gasteiger partial charge in [-0.2, -0.15) is 0 Å². The minimum Gasteiger partial charge on any atom is -0.358 e. The van der Waals surface area contributed by atoms with Crippen LogP contribution in [0, 0.1) is 5.92 Å². The smallest absolute Gasteiger partial charge is 0.236 e. The fourth-order valence-corrected chi connectivity index (χ4v) is 1.97. The van der Waals surface area contributed by atoms with Crippen LogP contribution in [0.1, 0.15) is 34.1 Å². The van der Waals surface area contributed by atoms with E-state index >= 15 is 0 Å². The minimum atomic E-state index is -0.515. The Balaban J connectivity index is 2.48. The Kier molecular flexibility index (Phi) is 5.56. The highest BCUT2D eigenvalue weighted by molar-refractivity contribution is 5.81. The molecule has 1 heterocycles. The number of carbonyl (C=O) groups is 1. The van der Waals surface area contributed by atoms with Crippen molar-refractivity contribution in [3.05, 3.63) is 0 Å². The van der Waals surface area contributed by atoms with Crippen LogP contribution in [0.3, 0.4) is 0 Å². The van der Waals surface area contributed by atoms with E-state index < -0.39 is 5.79 Å². The van der Waals surface area contributed by atoms with Crippen LogP contribution >= 0.6 is 0 Å². The zero-order chi connectivity index (χ0) is 13.8. The van der Waals surface area contributed by atoms with Gasteiger partial charge in [-0.25, -0.2) is 0 Å². The summed E-state index contributed by atoms with van der Waals surface area (Å²) in [6, 6.07) is -0.118. The first kappa shape index (κ1) is 15.4. The molecular weight excluding hydrogens is 232 g/mol. The monoisotopic (exact) mass is 258 g/mol. The van der Waals surface area contributed by atoms with E-state index in [9.17, 15) is 4.79 Å². The summed E-state index contributed by atoms with van der Waals surface area (Å²) in [5, 5.41) is 6.01. The summed E-state index contributed by atoms with van der Waals surface area (Å²) < 4.78 is 11.2. The minimum absolute atomic E-state index is 0.0218. The zero-order valence-corrected chi connectivity index (χ0v) is 12.1. The van der Waals surface area contributed by atoms with Crippen molar-refractivity contribution >= 4 is 5.91 Å². The molecule has 2 N–H and O–H groups in total. The Labute approximate surface area is 110 Å². The van der Waals surface area contributed by atoms with E-state index in [1.807, 2.05) is 13.8 Å². The van der Waals surface area contributed by atoms with E-state index in [1.54, 1.807) is 7.05 Å². The van der Waals surface area contributed by atoms with Crippen molar-refractivity contribution in [2.24, 2.45) is 5.92 Å². The highest BCUT2D eigenvalue weighted by Gasteiger charge is 2.30. The summed E-state index contributed by atoms with van der Waals surface area (Å²) >= 11 is 0. The zero-order valence-electron chi connectivity index (χ0n) is 12.1. The molecule has 5 heteroatoms. The predicted octanol–water partition coefficient (Wildman–Crippen LogP) is 0.888. The van der Waals surface area contributed by atoms with Gasteiger partial charge in [-0.15, -0.1) is 0 Å². The van der Waals surface area contributed by atoms with Crippen LogP contribution in [0.5, 0.6) is 0 Å². The maximum absolute atomic E-state index is 11.8. The normalized spacial score (nSPS) is 21.9. The maximum atomic E-state index is 11.8. The van der Waals surface area contributed by atoms with Crippen LogP contribution < -0.4 is 10.6 Å². The number of hydrogen-bond acceptors (Lipinski definition) is 4. The lowest BCUT2D eigenvalue weighted by Gasteiger charge is -2.36. The van der Waals surface area contributed by atoms with Crippen LogP contribution in [0.15, 0.2) is 0 Å². The third kappa shape index (κ3) is 4.92. The lowest BCUT2D eigenvalue weighted by molar-refractivity contribution is -0.253.